The van der Waals surface area contributed by atoms with Crippen LogP contribution in [0.4, 0.5) is 11.5 Å². The number of rotatable bonds is 6. The van der Waals surface area contributed by atoms with Gasteiger partial charge in [-0.2, -0.15) is 0 Å². The van der Waals surface area contributed by atoms with Crippen molar-refractivity contribution in [3.8, 4) is 10.6 Å². The minimum absolute atomic E-state index is 0.0635. The molecule has 0 radical (unpaired) electrons. The van der Waals surface area contributed by atoms with Gasteiger partial charge in [0, 0.05) is 24.3 Å². The molecule has 0 spiro atoms. The van der Waals surface area contributed by atoms with Crippen molar-refractivity contribution in [2.45, 2.75) is 31.7 Å². The van der Waals surface area contributed by atoms with Crippen LogP contribution in [-0.2, 0) is 4.79 Å². The summed E-state index contributed by atoms with van der Waals surface area (Å²) in [6.45, 7) is 6.33. The average molecular weight is 540 g/mol. The van der Waals surface area contributed by atoms with Crippen molar-refractivity contribution in [3.05, 3.63) is 72.3 Å². The highest BCUT2D eigenvalue weighted by atomic mass is 32.2. The van der Waals surface area contributed by atoms with Gasteiger partial charge in [0.05, 0.1) is 27.0 Å². The summed E-state index contributed by atoms with van der Waals surface area (Å²) >= 11 is 3.14. The van der Waals surface area contributed by atoms with E-state index in [1.54, 1.807) is 11.3 Å². The summed E-state index contributed by atoms with van der Waals surface area (Å²) < 4.78 is 1.18. The van der Waals surface area contributed by atoms with Gasteiger partial charge in [-0.1, -0.05) is 36.9 Å². The van der Waals surface area contributed by atoms with Crippen molar-refractivity contribution in [2.75, 3.05) is 29.1 Å². The minimum Gasteiger partial charge on any atom is -0.354 e. The molecule has 1 aliphatic rings. The molecule has 1 aliphatic heterocycles. The van der Waals surface area contributed by atoms with Crippen molar-refractivity contribution >= 4 is 61.8 Å². The van der Waals surface area contributed by atoms with Crippen LogP contribution in [0.5, 0.6) is 0 Å². The molecule has 6 rings (SSSR count). The summed E-state index contributed by atoms with van der Waals surface area (Å²) in [5.41, 5.74) is 5.80. The molecule has 0 bridgehead atoms. The number of amides is 1. The number of fused-ring (bicyclic) bond motifs is 2. The zero-order valence-corrected chi connectivity index (χ0v) is 23.1. The van der Waals surface area contributed by atoms with Gasteiger partial charge in [0.2, 0.25) is 5.91 Å². The molecule has 6 nitrogen and oxygen atoms in total. The largest absolute Gasteiger partial charge is 0.354 e. The Bertz CT molecular complexity index is 1610. The molecule has 8 heteroatoms. The number of benzene rings is 3. The summed E-state index contributed by atoms with van der Waals surface area (Å²) in [5, 5.41) is 4.82. The minimum atomic E-state index is -0.0635. The van der Waals surface area contributed by atoms with Crippen molar-refractivity contribution in [2.24, 2.45) is 5.92 Å². The van der Waals surface area contributed by atoms with Crippen molar-refractivity contribution in [3.63, 3.8) is 0 Å². The number of nitrogens with one attached hydrogen (secondary N) is 1. The Morgan fingerprint density at radius 1 is 0.974 bits per heavy atom. The third kappa shape index (κ3) is 5.37. The average Bonchev–Trinajstić information content (AvgIpc) is 3.35. The van der Waals surface area contributed by atoms with E-state index in [4.69, 9.17) is 15.0 Å². The maximum atomic E-state index is 12.9. The molecule has 1 fully saturated rings. The van der Waals surface area contributed by atoms with E-state index in [1.165, 1.54) is 22.0 Å². The number of anilines is 2. The molecule has 3 aromatic carbocycles. The summed E-state index contributed by atoms with van der Waals surface area (Å²) in [6, 6.07) is 22.1. The first-order valence-corrected chi connectivity index (χ1v) is 14.7. The third-order valence-corrected chi connectivity index (χ3v) is 8.93. The number of hydrogen-bond donors (Lipinski definition) is 1. The first-order valence-electron chi connectivity index (χ1n) is 12.9. The molecule has 1 N–H and O–H groups in total. The zero-order chi connectivity index (χ0) is 26.1. The number of aryl methyl sites for hydroxylation is 1. The fraction of sp³-hybridized carbons (Fsp3) is 0.267. The van der Waals surface area contributed by atoms with Gasteiger partial charge in [-0.05, 0) is 79.8 Å². The summed E-state index contributed by atoms with van der Waals surface area (Å²) in [6.07, 6.45) is 2.29. The first-order chi connectivity index (χ1) is 18.5. The van der Waals surface area contributed by atoms with Crippen LogP contribution >= 0.6 is 23.1 Å². The van der Waals surface area contributed by atoms with E-state index in [2.05, 4.69) is 42.3 Å². The second-order valence-corrected chi connectivity index (χ2v) is 11.9. The van der Waals surface area contributed by atoms with Crippen LogP contribution in [0.2, 0.25) is 0 Å². The number of para-hydroxylation sites is 2. The molecule has 192 valence electrons. The molecule has 0 aliphatic carbocycles. The Balaban J connectivity index is 1.14. The van der Waals surface area contributed by atoms with Gasteiger partial charge in [-0.15, -0.1) is 11.3 Å². The van der Waals surface area contributed by atoms with Crippen LogP contribution in [0, 0.1) is 12.8 Å². The summed E-state index contributed by atoms with van der Waals surface area (Å²) in [5.74, 6) is 1.82. The lowest BCUT2D eigenvalue weighted by Crippen LogP contribution is -2.34. The van der Waals surface area contributed by atoms with E-state index in [0.29, 0.717) is 0 Å². The van der Waals surface area contributed by atoms with Crippen LogP contribution < -0.4 is 10.2 Å². The van der Waals surface area contributed by atoms with Crippen LogP contribution in [0.1, 0.15) is 25.3 Å². The highest BCUT2D eigenvalue weighted by Gasteiger charge is 2.22. The third-order valence-electron chi connectivity index (χ3n) is 6.90. The van der Waals surface area contributed by atoms with E-state index >= 15 is 0 Å². The quantitative estimate of drug-likeness (QED) is 0.230. The maximum absolute atomic E-state index is 12.9. The predicted molar refractivity (Wildman–Crippen MR) is 159 cm³/mol. The normalized spacial score (nSPS) is 14.3. The van der Waals surface area contributed by atoms with Gasteiger partial charge in [-0.25, -0.2) is 15.0 Å². The zero-order valence-electron chi connectivity index (χ0n) is 21.5. The Kier molecular flexibility index (Phi) is 7.00. The number of piperidine rings is 1. The van der Waals surface area contributed by atoms with E-state index in [1.807, 2.05) is 48.5 Å². The number of carbonyl (C=O) groups excluding carboxylic acids is 1. The summed E-state index contributed by atoms with van der Waals surface area (Å²) in [7, 11) is 0. The van der Waals surface area contributed by atoms with Crippen molar-refractivity contribution in [1.29, 1.82) is 0 Å². The molecule has 2 aromatic heterocycles. The van der Waals surface area contributed by atoms with Gasteiger partial charge in [0.15, 0.2) is 5.82 Å². The topological polar surface area (TPSA) is 71.0 Å². The lowest BCUT2D eigenvalue weighted by Gasteiger charge is -2.32. The number of thiazole rings is 1. The Hall–Kier alpha value is -3.49. The van der Waals surface area contributed by atoms with Crippen molar-refractivity contribution < 1.29 is 4.79 Å². The van der Waals surface area contributed by atoms with E-state index in [9.17, 15) is 4.79 Å². The van der Waals surface area contributed by atoms with Crippen LogP contribution in [0.3, 0.4) is 0 Å². The number of aromatic nitrogens is 3. The Morgan fingerprint density at radius 3 is 2.47 bits per heavy atom. The second-order valence-electron chi connectivity index (χ2n) is 9.92. The molecule has 0 saturated carbocycles. The molecule has 3 heterocycles. The fourth-order valence-corrected chi connectivity index (χ4v) is 6.56. The monoisotopic (exact) mass is 539 g/mol. The van der Waals surface area contributed by atoms with E-state index in [-0.39, 0.29) is 11.7 Å². The second kappa shape index (κ2) is 10.7. The Morgan fingerprint density at radius 2 is 1.71 bits per heavy atom. The highest BCUT2D eigenvalue weighted by molar-refractivity contribution is 8.00. The summed E-state index contributed by atoms with van der Waals surface area (Å²) in [4.78, 5) is 29.8. The Labute approximate surface area is 230 Å². The molecule has 0 atom stereocenters. The number of hydrogen-bond acceptors (Lipinski definition) is 7. The van der Waals surface area contributed by atoms with E-state index in [0.717, 1.165) is 75.5 Å². The van der Waals surface area contributed by atoms with Gasteiger partial charge in [-0.3, -0.25) is 4.79 Å². The predicted octanol–water partition coefficient (Wildman–Crippen LogP) is 7.18. The first kappa shape index (κ1) is 24.8. The number of nitrogens with zero attached hydrogens (tertiary/aromatic N) is 4. The molecule has 0 unspecified atom stereocenters. The van der Waals surface area contributed by atoms with E-state index < -0.39 is 0 Å². The standard InChI is InChI=1S/C30H29N5OS2/c1-19-13-15-35(16-14-19)28-30(33-24-6-4-3-5-23(24)32-28)37-18-27(36)31-22-10-8-21(9-11-22)29-34-25-12-7-20(2)17-26(25)38-29/h3-12,17,19H,13-16,18H2,1-2H3,(H,31,36). The van der Waals surface area contributed by atoms with Crippen LogP contribution in [0.15, 0.2) is 71.8 Å². The lowest BCUT2D eigenvalue weighted by molar-refractivity contribution is -0.113. The molecule has 38 heavy (non-hydrogen) atoms. The molecule has 5 aromatic rings. The van der Waals surface area contributed by atoms with Crippen molar-refractivity contribution in [1.82, 2.24) is 15.0 Å². The SMILES string of the molecule is Cc1ccc2nc(-c3ccc(NC(=O)CSc4nc5ccccc5nc4N4CCC(C)CC4)cc3)sc2c1. The number of carbonyl (C=O) groups is 1. The lowest BCUT2D eigenvalue weighted by atomic mass is 9.99. The molecular weight excluding hydrogens is 510 g/mol. The van der Waals surface area contributed by atoms with Gasteiger partial charge >= 0.3 is 0 Å². The number of thioether (sulfide) groups is 1. The molecule has 1 amide bonds. The van der Waals surface area contributed by atoms with Gasteiger partial charge in [0.25, 0.3) is 0 Å². The maximum Gasteiger partial charge on any atom is 0.234 e. The smallest absolute Gasteiger partial charge is 0.234 e. The van der Waals surface area contributed by atoms with Crippen LogP contribution in [0.25, 0.3) is 31.8 Å². The molecular formula is C30H29N5OS2. The van der Waals surface area contributed by atoms with Gasteiger partial charge in [0.1, 0.15) is 10.0 Å². The molecule has 1 saturated heterocycles. The van der Waals surface area contributed by atoms with Gasteiger partial charge < -0.3 is 10.2 Å². The highest BCUT2D eigenvalue weighted by Crippen LogP contribution is 2.33. The van der Waals surface area contributed by atoms with Crippen LogP contribution in [-0.4, -0.2) is 39.7 Å². The fourth-order valence-electron chi connectivity index (χ4n) is 4.68.